The molecular weight excluding hydrogens is 338 g/mol. The number of methoxy groups -OCH3 is 1. The van der Waals surface area contributed by atoms with E-state index in [4.69, 9.17) is 9.47 Å². The number of carbonyl (C=O) groups is 1. The number of hydrogen-bond acceptors (Lipinski definition) is 4. The molecule has 1 amide bonds. The van der Waals surface area contributed by atoms with Crippen LogP contribution in [0.25, 0.3) is 6.08 Å². The van der Waals surface area contributed by atoms with Crippen molar-refractivity contribution in [2.24, 2.45) is 0 Å². The molecule has 0 atom stereocenters. The summed E-state index contributed by atoms with van der Waals surface area (Å²) in [5.41, 5.74) is 0.317. The molecule has 0 fully saturated rings. The molecule has 6 heteroatoms. The number of phenols is 1. The summed E-state index contributed by atoms with van der Waals surface area (Å²) in [6.45, 7) is 5.76. The molecule has 21 heavy (non-hydrogen) atoms. The average Bonchev–Trinajstić information content (AvgIpc) is 2.34. The molecule has 0 spiro atoms. The molecule has 0 unspecified atom stereocenters. The maximum absolute atomic E-state index is 11.5. The third-order valence-corrected chi connectivity index (χ3v) is 3.05. The highest BCUT2D eigenvalue weighted by Gasteiger charge is 2.15. The highest BCUT2D eigenvalue weighted by atomic mass is 79.9. The van der Waals surface area contributed by atoms with Gasteiger partial charge in [0.05, 0.1) is 7.11 Å². The van der Waals surface area contributed by atoms with Crippen molar-refractivity contribution in [2.75, 3.05) is 13.7 Å². The van der Waals surface area contributed by atoms with E-state index >= 15 is 0 Å². The molecule has 5 nitrogen and oxygen atoms in total. The predicted molar refractivity (Wildman–Crippen MR) is 85.6 cm³/mol. The maximum atomic E-state index is 11.5. The quantitative estimate of drug-likeness (QED) is 0.861. The van der Waals surface area contributed by atoms with Gasteiger partial charge < -0.3 is 19.9 Å². The van der Waals surface area contributed by atoms with Crippen LogP contribution in [0.1, 0.15) is 26.3 Å². The largest absolute Gasteiger partial charge is 0.504 e. The molecule has 0 saturated carbocycles. The van der Waals surface area contributed by atoms with E-state index in [1.807, 2.05) is 26.8 Å². The van der Waals surface area contributed by atoms with Gasteiger partial charge >= 0.3 is 6.09 Å². The van der Waals surface area contributed by atoms with E-state index in [-0.39, 0.29) is 5.75 Å². The van der Waals surface area contributed by atoms with Crippen LogP contribution in [0.3, 0.4) is 0 Å². The van der Waals surface area contributed by atoms with Crippen molar-refractivity contribution < 1.29 is 19.4 Å². The Balaban J connectivity index is 2.60. The van der Waals surface area contributed by atoms with Crippen molar-refractivity contribution in [1.29, 1.82) is 0 Å². The summed E-state index contributed by atoms with van der Waals surface area (Å²) in [6, 6.07) is 3.25. The fraction of sp³-hybridized carbons (Fsp3) is 0.400. The zero-order valence-electron chi connectivity index (χ0n) is 12.6. The summed E-state index contributed by atoms with van der Waals surface area (Å²) >= 11 is 3.35. The molecule has 0 aliphatic heterocycles. The first kappa shape index (κ1) is 17.4. The number of aromatic hydroxyl groups is 1. The van der Waals surface area contributed by atoms with Gasteiger partial charge in [0.1, 0.15) is 5.60 Å². The maximum Gasteiger partial charge on any atom is 0.407 e. The lowest BCUT2D eigenvalue weighted by Gasteiger charge is -2.19. The lowest BCUT2D eigenvalue weighted by molar-refractivity contribution is 0.0534. The smallest absolute Gasteiger partial charge is 0.407 e. The number of rotatable bonds is 4. The summed E-state index contributed by atoms with van der Waals surface area (Å²) in [5.74, 6) is 0.450. The molecule has 1 aromatic carbocycles. The molecule has 116 valence electrons. The number of phenolic OH excluding ortho intramolecular Hbond substituents is 1. The van der Waals surface area contributed by atoms with Gasteiger partial charge in [0.15, 0.2) is 11.5 Å². The van der Waals surface area contributed by atoms with Gasteiger partial charge in [-0.05, 0) is 38.5 Å². The van der Waals surface area contributed by atoms with Crippen molar-refractivity contribution in [2.45, 2.75) is 26.4 Å². The van der Waals surface area contributed by atoms with E-state index in [9.17, 15) is 9.90 Å². The molecule has 0 saturated heterocycles. The number of hydrogen-bond donors (Lipinski definition) is 2. The minimum absolute atomic E-state index is 0.0633. The lowest BCUT2D eigenvalue weighted by atomic mass is 10.2. The van der Waals surface area contributed by atoms with Gasteiger partial charge in [-0.2, -0.15) is 0 Å². The van der Waals surface area contributed by atoms with E-state index in [0.29, 0.717) is 12.3 Å². The van der Waals surface area contributed by atoms with Crippen LogP contribution >= 0.6 is 15.9 Å². The molecule has 0 aliphatic rings. The van der Waals surface area contributed by atoms with E-state index in [1.54, 1.807) is 18.2 Å². The Hall–Kier alpha value is -1.69. The van der Waals surface area contributed by atoms with Crippen LogP contribution in [0.2, 0.25) is 0 Å². The topological polar surface area (TPSA) is 67.8 Å². The number of nitrogens with one attached hydrogen (secondary N) is 1. The van der Waals surface area contributed by atoms with E-state index in [2.05, 4.69) is 21.2 Å². The second-order valence-electron chi connectivity index (χ2n) is 5.33. The van der Waals surface area contributed by atoms with Crippen LogP contribution in [-0.4, -0.2) is 30.5 Å². The molecular formula is C15H20BrNO4. The van der Waals surface area contributed by atoms with Crippen LogP contribution in [0.4, 0.5) is 4.79 Å². The standard InChI is InChI=1S/C15H20BrNO4/c1-15(2,3)21-14(19)17-7-5-6-10-8-13(20-4)12(18)9-11(10)16/h5-6,8-9,18H,7H2,1-4H3,(H,17,19). The summed E-state index contributed by atoms with van der Waals surface area (Å²) in [6.07, 6.45) is 3.12. The fourth-order valence-electron chi connectivity index (χ4n) is 1.49. The minimum Gasteiger partial charge on any atom is -0.504 e. The number of benzene rings is 1. The van der Waals surface area contributed by atoms with Gasteiger partial charge in [0.2, 0.25) is 0 Å². The van der Waals surface area contributed by atoms with Crippen molar-refractivity contribution in [1.82, 2.24) is 5.32 Å². The Morgan fingerprint density at radius 1 is 1.43 bits per heavy atom. The van der Waals surface area contributed by atoms with Crippen molar-refractivity contribution >= 4 is 28.1 Å². The van der Waals surface area contributed by atoms with Crippen LogP contribution in [-0.2, 0) is 4.74 Å². The highest BCUT2D eigenvalue weighted by Crippen LogP contribution is 2.32. The highest BCUT2D eigenvalue weighted by molar-refractivity contribution is 9.10. The number of amides is 1. The second kappa shape index (κ2) is 7.36. The molecule has 1 rings (SSSR count). The van der Waals surface area contributed by atoms with E-state index < -0.39 is 11.7 Å². The lowest BCUT2D eigenvalue weighted by Crippen LogP contribution is -2.32. The predicted octanol–water partition coefficient (Wildman–Crippen LogP) is 3.70. The van der Waals surface area contributed by atoms with Crippen molar-refractivity contribution in [3.05, 3.63) is 28.2 Å². The molecule has 0 radical (unpaired) electrons. The zero-order valence-corrected chi connectivity index (χ0v) is 14.2. The molecule has 1 aromatic rings. The Morgan fingerprint density at radius 2 is 2.10 bits per heavy atom. The zero-order chi connectivity index (χ0) is 16.0. The summed E-state index contributed by atoms with van der Waals surface area (Å²) in [5, 5.41) is 12.2. The number of alkyl carbamates (subject to hydrolysis) is 1. The molecule has 2 N–H and O–H groups in total. The first-order chi connectivity index (χ1) is 9.73. The summed E-state index contributed by atoms with van der Waals surface area (Å²) < 4.78 is 10.9. The minimum atomic E-state index is -0.513. The van der Waals surface area contributed by atoms with Crippen LogP contribution < -0.4 is 10.1 Å². The van der Waals surface area contributed by atoms with Crippen LogP contribution in [0, 0.1) is 0 Å². The van der Waals surface area contributed by atoms with Crippen LogP contribution in [0.15, 0.2) is 22.7 Å². The third kappa shape index (κ3) is 6.08. The number of ether oxygens (including phenoxy) is 2. The van der Waals surface area contributed by atoms with Gasteiger partial charge in [0, 0.05) is 11.0 Å². The van der Waals surface area contributed by atoms with E-state index in [1.165, 1.54) is 7.11 Å². The summed E-state index contributed by atoms with van der Waals surface area (Å²) in [7, 11) is 1.49. The molecule has 0 bridgehead atoms. The first-order valence-corrected chi connectivity index (χ1v) is 7.22. The monoisotopic (exact) mass is 357 g/mol. The Kier molecular flexibility index (Phi) is 6.08. The fourth-order valence-corrected chi connectivity index (χ4v) is 1.96. The Bertz CT molecular complexity index is 535. The van der Waals surface area contributed by atoms with Gasteiger partial charge in [0.25, 0.3) is 0 Å². The molecule has 0 aliphatic carbocycles. The normalized spacial score (nSPS) is 11.5. The molecule has 0 heterocycles. The van der Waals surface area contributed by atoms with Crippen molar-refractivity contribution in [3.63, 3.8) is 0 Å². The number of carbonyl (C=O) groups excluding carboxylic acids is 1. The number of halogens is 1. The van der Waals surface area contributed by atoms with Gasteiger partial charge in [-0.15, -0.1) is 0 Å². The van der Waals surface area contributed by atoms with Gasteiger partial charge in [-0.3, -0.25) is 0 Å². The summed E-state index contributed by atoms with van der Waals surface area (Å²) in [4.78, 5) is 11.5. The Morgan fingerprint density at radius 3 is 2.67 bits per heavy atom. The first-order valence-electron chi connectivity index (χ1n) is 6.43. The third-order valence-electron chi connectivity index (χ3n) is 2.36. The van der Waals surface area contributed by atoms with E-state index in [0.717, 1.165) is 10.0 Å². The van der Waals surface area contributed by atoms with Crippen molar-refractivity contribution in [3.8, 4) is 11.5 Å². The van der Waals surface area contributed by atoms with Gasteiger partial charge in [-0.1, -0.05) is 28.1 Å². The SMILES string of the molecule is COc1cc(C=CCNC(=O)OC(C)(C)C)c(Br)cc1O. The Labute approximate surface area is 133 Å². The second-order valence-corrected chi connectivity index (χ2v) is 6.19. The average molecular weight is 358 g/mol. The van der Waals surface area contributed by atoms with Crippen LogP contribution in [0.5, 0.6) is 11.5 Å². The van der Waals surface area contributed by atoms with Gasteiger partial charge in [-0.25, -0.2) is 4.79 Å². The molecule has 0 aromatic heterocycles.